The van der Waals surface area contributed by atoms with E-state index < -0.39 is 0 Å². The lowest BCUT2D eigenvalue weighted by atomic mass is 9.99. The van der Waals surface area contributed by atoms with Crippen molar-refractivity contribution in [1.29, 1.82) is 0 Å². The van der Waals surface area contributed by atoms with Gasteiger partial charge in [-0.2, -0.15) is 0 Å². The zero-order valence-electron chi connectivity index (χ0n) is 10.2. The predicted octanol–water partition coefficient (Wildman–Crippen LogP) is 4.22. The molecule has 1 unspecified atom stereocenters. The van der Waals surface area contributed by atoms with Crippen LogP contribution >= 0.6 is 27.3 Å². The average Bonchev–Trinajstić information content (AvgIpc) is 2.74. The molecule has 1 aromatic carbocycles. The van der Waals surface area contributed by atoms with Crippen molar-refractivity contribution in [2.75, 3.05) is 0 Å². The lowest BCUT2D eigenvalue weighted by molar-refractivity contribution is 0.573. The fourth-order valence-corrected chi connectivity index (χ4v) is 4.36. The molecule has 1 atom stereocenters. The van der Waals surface area contributed by atoms with E-state index in [1.54, 1.807) is 11.3 Å². The zero-order valence-corrected chi connectivity index (χ0v) is 12.6. The number of hydrogen-bond acceptors (Lipinski definition) is 3. The molecule has 1 aromatic heterocycles. The van der Waals surface area contributed by atoms with Gasteiger partial charge in [-0.15, -0.1) is 11.3 Å². The van der Waals surface area contributed by atoms with Crippen LogP contribution in [0.15, 0.2) is 22.7 Å². The van der Waals surface area contributed by atoms with Gasteiger partial charge in [0.05, 0.1) is 5.69 Å². The summed E-state index contributed by atoms with van der Waals surface area (Å²) >= 11 is 5.38. The van der Waals surface area contributed by atoms with Crippen LogP contribution in [0.1, 0.15) is 35.0 Å². The summed E-state index contributed by atoms with van der Waals surface area (Å²) in [5.74, 6) is 0. The average molecular weight is 323 g/mol. The Morgan fingerprint density at radius 3 is 3.00 bits per heavy atom. The van der Waals surface area contributed by atoms with E-state index in [-0.39, 0.29) is 6.04 Å². The largest absolute Gasteiger partial charge is 0.323 e. The van der Waals surface area contributed by atoms with Gasteiger partial charge in [0.2, 0.25) is 0 Å². The molecule has 2 aromatic rings. The number of rotatable bonds is 1. The SMILES string of the molecule is Cc1ccc(-c2nc3c(s2)C(N)CCC3)c(Br)c1. The second kappa shape index (κ2) is 4.76. The predicted molar refractivity (Wildman–Crippen MR) is 79.9 cm³/mol. The molecule has 0 radical (unpaired) electrons. The molecule has 0 aliphatic heterocycles. The number of aromatic nitrogens is 1. The van der Waals surface area contributed by atoms with E-state index in [1.165, 1.54) is 21.7 Å². The first-order valence-electron chi connectivity index (χ1n) is 6.17. The van der Waals surface area contributed by atoms with Crippen molar-refractivity contribution in [2.45, 2.75) is 32.2 Å². The van der Waals surface area contributed by atoms with Gasteiger partial charge in [-0.05, 0) is 37.8 Å². The van der Waals surface area contributed by atoms with Crippen molar-refractivity contribution < 1.29 is 0 Å². The van der Waals surface area contributed by atoms with Crippen molar-refractivity contribution in [1.82, 2.24) is 4.98 Å². The van der Waals surface area contributed by atoms with Crippen molar-refractivity contribution in [3.05, 3.63) is 38.8 Å². The second-order valence-electron chi connectivity index (χ2n) is 4.81. The summed E-state index contributed by atoms with van der Waals surface area (Å²) in [6.07, 6.45) is 3.32. The zero-order chi connectivity index (χ0) is 12.7. The molecule has 4 heteroatoms. The van der Waals surface area contributed by atoms with E-state index in [0.717, 1.165) is 28.7 Å². The third-order valence-corrected chi connectivity index (χ3v) is 5.27. The standard InChI is InChI=1S/C14H15BrN2S/c1-8-5-6-9(10(15)7-8)14-17-12-4-2-3-11(16)13(12)18-14/h5-7,11H,2-4,16H2,1H3. The quantitative estimate of drug-likeness (QED) is 0.853. The third-order valence-electron chi connectivity index (χ3n) is 3.35. The minimum absolute atomic E-state index is 0.184. The van der Waals surface area contributed by atoms with Crippen LogP contribution in [0.25, 0.3) is 10.6 Å². The molecular weight excluding hydrogens is 308 g/mol. The molecule has 1 aliphatic carbocycles. The third kappa shape index (κ3) is 2.13. The van der Waals surface area contributed by atoms with E-state index >= 15 is 0 Å². The van der Waals surface area contributed by atoms with Gasteiger partial charge in [-0.1, -0.05) is 28.1 Å². The van der Waals surface area contributed by atoms with Gasteiger partial charge >= 0.3 is 0 Å². The molecule has 0 saturated heterocycles. The number of nitrogens with zero attached hydrogens (tertiary/aromatic N) is 1. The van der Waals surface area contributed by atoms with Gasteiger partial charge in [0.25, 0.3) is 0 Å². The summed E-state index contributed by atoms with van der Waals surface area (Å²) in [4.78, 5) is 6.05. The summed E-state index contributed by atoms with van der Waals surface area (Å²) in [5, 5.41) is 1.09. The molecule has 0 spiro atoms. The smallest absolute Gasteiger partial charge is 0.125 e. The highest BCUT2D eigenvalue weighted by atomic mass is 79.9. The summed E-state index contributed by atoms with van der Waals surface area (Å²) in [6.45, 7) is 2.09. The Bertz CT molecular complexity index is 591. The molecule has 0 amide bonds. The highest BCUT2D eigenvalue weighted by Gasteiger charge is 2.22. The number of aryl methyl sites for hydroxylation is 2. The lowest BCUT2D eigenvalue weighted by Crippen LogP contribution is -2.15. The minimum atomic E-state index is 0.184. The normalized spacial score (nSPS) is 18.7. The highest BCUT2D eigenvalue weighted by molar-refractivity contribution is 9.10. The molecule has 2 nitrogen and oxygen atoms in total. The van der Waals surface area contributed by atoms with Crippen LogP contribution in [0.2, 0.25) is 0 Å². The van der Waals surface area contributed by atoms with Crippen LogP contribution in [-0.4, -0.2) is 4.98 Å². The number of nitrogens with two attached hydrogens (primary N) is 1. The Morgan fingerprint density at radius 1 is 1.44 bits per heavy atom. The Balaban J connectivity index is 2.07. The number of thiazole rings is 1. The van der Waals surface area contributed by atoms with Crippen molar-refractivity contribution in [3.63, 3.8) is 0 Å². The van der Waals surface area contributed by atoms with Crippen molar-refractivity contribution in [3.8, 4) is 10.6 Å². The number of halogens is 1. The number of hydrogen-bond donors (Lipinski definition) is 1. The van der Waals surface area contributed by atoms with Crippen molar-refractivity contribution in [2.24, 2.45) is 5.73 Å². The Morgan fingerprint density at radius 2 is 2.28 bits per heavy atom. The van der Waals surface area contributed by atoms with Crippen LogP contribution in [0.4, 0.5) is 0 Å². The first-order chi connectivity index (χ1) is 8.65. The molecule has 2 N–H and O–H groups in total. The molecule has 1 heterocycles. The molecule has 94 valence electrons. The number of benzene rings is 1. The van der Waals surface area contributed by atoms with Gasteiger partial charge < -0.3 is 5.73 Å². The van der Waals surface area contributed by atoms with Gasteiger partial charge in [-0.3, -0.25) is 0 Å². The van der Waals surface area contributed by atoms with E-state index in [9.17, 15) is 0 Å². The maximum absolute atomic E-state index is 6.16. The first-order valence-corrected chi connectivity index (χ1v) is 7.78. The molecule has 18 heavy (non-hydrogen) atoms. The summed E-state index contributed by atoms with van der Waals surface area (Å²) in [5.41, 5.74) is 9.79. The molecule has 0 saturated carbocycles. The van der Waals surface area contributed by atoms with E-state index in [2.05, 4.69) is 41.1 Å². The van der Waals surface area contributed by atoms with E-state index in [0.29, 0.717) is 0 Å². The Labute approximate surface area is 119 Å². The first kappa shape index (κ1) is 12.3. The summed E-state index contributed by atoms with van der Waals surface area (Å²) in [7, 11) is 0. The van der Waals surface area contributed by atoms with Crippen molar-refractivity contribution >= 4 is 27.3 Å². The summed E-state index contributed by atoms with van der Waals surface area (Å²) in [6, 6.07) is 6.58. The fourth-order valence-electron chi connectivity index (χ4n) is 2.36. The fraction of sp³-hybridized carbons (Fsp3) is 0.357. The molecule has 0 fully saturated rings. The Hall–Kier alpha value is -0.710. The van der Waals surface area contributed by atoms with Gasteiger partial charge in [0.1, 0.15) is 5.01 Å². The van der Waals surface area contributed by atoms with Crippen LogP contribution < -0.4 is 5.73 Å². The van der Waals surface area contributed by atoms with Crippen LogP contribution in [-0.2, 0) is 6.42 Å². The molecule has 0 bridgehead atoms. The number of fused-ring (bicyclic) bond motifs is 1. The lowest BCUT2D eigenvalue weighted by Gasteiger charge is -2.15. The van der Waals surface area contributed by atoms with Crippen LogP contribution in [0, 0.1) is 6.92 Å². The molecular formula is C14H15BrN2S. The summed E-state index contributed by atoms with van der Waals surface area (Å²) < 4.78 is 1.11. The second-order valence-corrected chi connectivity index (χ2v) is 6.70. The Kier molecular flexibility index (Phi) is 3.26. The maximum Gasteiger partial charge on any atom is 0.125 e. The monoisotopic (exact) mass is 322 g/mol. The topological polar surface area (TPSA) is 38.9 Å². The molecule has 3 rings (SSSR count). The van der Waals surface area contributed by atoms with Crippen LogP contribution in [0.5, 0.6) is 0 Å². The highest BCUT2D eigenvalue weighted by Crippen LogP contribution is 2.39. The van der Waals surface area contributed by atoms with Gasteiger partial charge in [-0.25, -0.2) is 4.98 Å². The van der Waals surface area contributed by atoms with Gasteiger partial charge in [0, 0.05) is 21.0 Å². The van der Waals surface area contributed by atoms with E-state index in [4.69, 9.17) is 10.7 Å². The van der Waals surface area contributed by atoms with E-state index in [1.807, 2.05) is 0 Å². The molecule has 1 aliphatic rings. The maximum atomic E-state index is 6.16. The minimum Gasteiger partial charge on any atom is -0.323 e. The van der Waals surface area contributed by atoms with Crippen LogP contribution in [0.3, 0.4) is 0 Å². The van der Waals surface area contributed by atoms with Gasteiger partial charge in [0.15, 0.2) is 0 Å².